The highest BCUT2D eigenvalue weighted by Gasteiger charge is 2.11. The highest BCUT2D eigenvalue weighted by atomic mass is 35.5. The first-order valence-corrected chi connectivity index (χ1v) is 9.97. The smallest absolute Gasteiger partial charge is 0.273 e. The summed E-state index contributed by atoms with van der Waals surface area (Å²) in [5.41, 5.74) is 6.51. The zero-order valence-corrected chi connectivity index (χ0v) is 17.4. The fourth-order valence-electron chi connectivity index (χ4n) is 3.15. The van der Waals surface area contributed by atoms with Gasteiger partial charge in [-0.3, -0.25) is 9.59 Å². The fourth-order valence-corrected chi connectivity index (χ4v) is 3.27. The number of hydrogen-bond acceptors (Lipinski definition) is 3. The number of nitrogens with zero attached hydrogens (tertiary/aromatic N) is 1. The minimum Gasteiger partial charge on any atom is -0.360 e. The van der Waals surface area contributed by atoms with Gasteiger partial charge in [0.15, 0.2) is 0 Å². The van der Waals surface area contributed by atoms with Crippen LogP contribution in [0.5, 0.6) is 0 Å². The van der Waals surface area contributed by atoms with Crippen LogP contribution in [0.25, 0.3) is 10.9 Å². The molecule has 0 bridgehead atoms. The van der Waals surface area contributed by atoms with Crippen LogP contribution < -0.4 is 10.7 Å². The molecule has 0 unspecified atom stereocenters. The summed E-state index contributed by atoms with van der Waals surface area (Å²) in [4.78, 5) is 28.0. The molecular weight excluding hydrogens is 412 g/mol. The summed E-state index contributed by atoms with van der Waals surface area (Å²) in [6.45, 7) is 1.79. The quantitative estimate of drug-likeness (QED) is 0.299. The maximum atomic E-state index is 12.5. The Labute approximate surface area is 183 Å². The van der Waals surface area contributed by atoms with Crippen LogP contribution in [0.1, 0.15) is 33.2 Å². The molecule has 0 atom stereocenters. The van der Waals surface area contributed by atoms with E-state index in [2.05, 4.69) is 20.8 Å². The number of hydrogen-bond donors (Lipinski definition) is 3. The van der Waals surface area contributed by atoms with Gasteiger partial charge < -0.3 is 10.3 Å². The summed E-state index contributed by atoms with van der Waals surface area (Å²) in [5, 5.41) is 8.48. The van der Waals surface area contributed by atoms with E-state index in [9.17, 15) is 9.59 Å². The molecule has 0 radical (unpaired) electrons. The van der Waals surface area contributed by atoms with Crippen molar-refractivity contribution in [3.63, 3.8) is 0 Å². The SMILES string of the molecule is CC(=NNC(=O)c1c[nH]c2ccccc12)c1cccc(NC(=O)c2ccc(Cl)cc2)c1. The second-order valence-electron chi connectivity index (χ2n) is 6.93. The Morgan fingerprint density at radius 1 is 0.903 bits per heavy atom. The van der Waals surface area contributed by atoms with Crippen molar-refractivity contribution in [1.29, 1.82) is 0 Å². The molecule has 0 saturated heterocycles. The molecule has 0 spiro atoms. The van der Waals surface area contributed by atoms with Crippen molar-refractivity contribution in [1.82, 2.24) is 10.4 Å². The molecule has 31 heavy (non-hydrogen) atoms. The Hall–Kier alpha value is -3.90. The van der Waals surface area contributed by atoms with E-state index in [0.29, 0.717) is 27.5 Å². The van der Waals surface area contributed by atoms with Gasteiger partial charge in [0.25, 0.3) is 11.8 Å². The molecule has 1 aromatic heterocycles. The van der Waals surface area contributed by atoms with Crippen LogP contribution in [-0.2, 0) is 0 Å². The lowest BCUT2D eigenvalue weighted by Gasteiger charge is -2.08. The summed E-state index contributed by atoms with van der Waals surface area (Å²) in [5.74, 6) is -0.542. The number of hydrazone groups is 1. The van der Waals surface area contributed by atoms with Crippen molar-refractivity contribution >= 4 is 45.7 Å². The molecule has 0 aliphatic carbocycles. The predicted octanol–water partition coefficient (Wildman–Crippen LogP) is 5.23. The number of carbonyl (C=O) groups excluding carboxylic acids is 2. The number of nitrogens with one attached hydrogen (secondary N) is 3. The monoisotopic (exact) mass is 430 g/mol. The number of amides is 2. The van der Waals surface area contributed by atoms with E-state index in [1.54, 1.807) is 49.5 Å². The van der Waals surface area contributed by atoms with Gasteiger partial charge in [0.1, 0.15) is 0 Å². The predicted molar refractivity (Wildman–Crippen MR) is 124 cm³/mol. The van der Waals surface area contributed by atoms with Crippen LogP contribution in [-0.4, -0.2) is 22.5 Å². The number of aromatic nitrogens is 1. The van der Waals surface area contributed by atoms with E-state index in [0.717, 1.165) is 16.5 Å². The first kappa shape index (κ1) is 20.4. The fraction of sp³-hybridized carbons (Fsp3) is 0.0417. The Kier molecular flexibility index (Phi) is 5.82. The number of H-pyrrole nitrogens is 1. The average Bonchev–Trinajstić information content (AvgIpc) is 3.22. The third-order valence-electron chi connectivity index (χ3n) is 4.80. The molecule has 1 heterocycles. The Morgan fingerprint density at radius 3 is 2.48 bits per heavy atom. The molecule has 154 valence electrons. The van der Waals surface area contributed by atoms with E-state index >= 15 is 0 Å². The van der Waals surface area contributed by atoms with Gasteiger partial charge in [-0.15, -0.1) is 0 Å². The van der Waals surface area contributed by atoms with Gasteiger partial charge in [0, 0.05) is 33.4 Å². The minimum atomic E-state index is -0.302. The summed E-state index contributed by atoms with van der Waals surface area (Å²) in [7, 11) is 0. The topological polar surface area (TPSA) is 86.3 Å². The Bertz CT molecular complexity index is 1290. The normalized spacial score (nSPS) is 11.4. The largest absolute Gasteiger partial charge is 0.360 e. The van der Waals surface area contributed by atoms with Gasteiger partial charge in [-0.05, 0) is 55.0 Å². The van der Waals surface area contributed by atoms with Gasteiger partial charge in [-0.2, -0.15) is 5.10 Å². The molecule has 0 aliphatic heterocycles. The van der Waals surface area contributed by atoms with E-state index in [-0.39, 0.29) is 11.8 Å². The molecule has 0 fully saturated rings. The van der Waals surface area contributed by atoms with Crippen molar-refractivity contribution in [2.24, 2.45) is 5.10 Å². The number of aromatic amines is 1. The number of fused-ring (bicyclic) bond motifs is 1. The van der Waals surface area contributed by atoms with Crippen LogP contribution in [0.2, 0.25) is 5.02 Å². The van der Waals surface area contributed by atoms with E-state index < -0.39 is 0 Å². The second-order valence-corrected chi connectivity index (χ2v) is 7.36. The number of rotatable bonds is 5. The van der Waals surface area contributed by atoms with E-state index in [1.165, 1.54) is 0 Å². The number of carbonyl (C=O) groups is 2. The average molecular weight is 431 g/mol. The maximum Gasteiger partial charge on any atom is 0.273 e. The Balaban J connectivity index is 1.46. The molecule has 0 saturated carbocycles. The summed E-state index contributed by atoms with van der Waals surface area (Å²) in [6.07, 6.45) is 1.66. The molecule has 3 N–H and O–H groups in total. The number of para-hydroxylation sites is 1. The van der Waals surface area contributed by atoms with Crippen LogP contribution in [0, 0.1) is 0 Å². The van der Waals surface area contributed by atoms with Gasteiger partial charge in [0.05, 0.1) is 11.3 Å². The number of halogens is 1. The molecule has 3 aromatic carbocycles. The van der Waals surface area contributed by atoms with Gasteiger partial charge >= 0.3 is 0 Å². The van der Waals surface area contributed by atoms with Crippen LogP contribution in [0.4, 0.5) is 5.69 Å². The van der Waals surface area contributed by atoms with Crippen LogP contribution in [0.3, 0.4) is 0 Å². The van der Waals surface area contributed by atoms with E-state index in [4.69, 9.17) is 11.6 Å². The second kappa shape index (κ2) is 8.85. The lowest BCUT2D eigenvalue weighted by molar-refractivity contribution is 0.0955. The Morgan fingerprint density at radius 2 is 1.68 bits per heavy atom. The molecule has 0 aliphatic rings. The molecule has 2 amide bonds. The lowest BCUT2D eigenvalue weighted by atomic mass is 10.1. The standard InChI is InChI=1S/C24H19ClN4O2/c1-15(28-29-24(31)21-14-26-22-8-3-2-7-20(21)22)17-5-4-6-19(13-17)27-23(30)16-9-11-18(25)12-10-16/h2-14,26H,1H3,(H,27,30)(H,29,31). The maximum absolute atomic E-state index is 12.5. The zero-order chi connectivity index (χ0) is 21.8. The first-order chi connectivity index (χ1) is 15.0. The highest BCUT2D eigenvalue weighted by Crippen LogP contribution is 2.18. The summed E-state index contributed by atoms with van der Waals surface area (Å²) >= 11 is 5.87. The van der Waals surface area contributed by atoms with E-state index in [1.807, 2.05) is 36.4 Å². The number of anilines is 1. The third-order valence-corrected chi connectivity index (χ3v) is 5.06. The molecular formula is C24H19ClN4O2. The molecule has 4 aromatic rings. The first-order valence-electron chi connectivity index (χ1n) is 9.59. The minimum absolute atomic E-state index is 0.240. The number of benzene rings is 3. The molecule has 6 nitrogen and oxygen atoms in total. The van der Waals surface area contributed by atoms with Gasteiger partial charge in [-0.1, -0.05) is 41.9 Å². The van der Waals surface area contributed by atoms with Gasteiger partial charge in [0.2, 0.25) is 0 Å². The molecule has 4 rings (SSSR count). The van der Waals surface area contributed by atoms with Crippen molar-refractivity contribution < 1.29 is 9.59 Å². The van der Waals surface area contributed by atoms with Crippen LogP contribution >= 0.6 is 11.6 Å². The van der Waals surface area contributed by atoms with Crippen LogP contribution in [0.15, 0.2) is 84.1 Å². The summed E-state index contributed by atoms with van der Waals surface area (Å²) in [6, 6.07) is 21.5. The molecule has 7 heteroatoms. The van der Waals surface area contributed by atoms with Crippen molar-refractivity contribution in [2.75, 3.05) is 5.32 Å². The lowest BCUT2D eigenvalue weighted by Crippen LogP contribution is -2.19. The van der Waals surface area contributed by atoms with Gasteiger partial charge in [-0.25, -0.2) is 5.43 Å². The third kappa shape index (κ3) is 4.65. The van der Waals surface area contributed by atoms with Crippen molar-refractivity contribution in [3.05, 3.63) is 101 Å². The summed E-state index contributed by atoms with van der Waals surface area (Å²) < 4.78 is 0. The van der Waals surface area contributed by atoms with Crippen molar-refractivity contribution in [2.45, 2.75) is 6.92 Å². The zero-order valence-electron chi connectivity index (χ0n) is 16.6. The highest BCUT2D eigenvalue weighted by molar-refractivity contribution is 6.30. The van der Waals surface area contributed by atoms with Crippen molar-refractivity contribution in [3.8, 4) is 0 Å².